The smallest absolute Gasteiger partial charge is 0.328 e. The van der Waals surface area contributed by atoms with E-state index in [9.17, 15) is 14.0 Å². The van der Waals surface area contributed by atoms with Crippen molar-refractivity contribution >= 4 is 11.9 Å². The van der Waals surface area contributed by atoms with Crippen molar-refractivity contribution < 1.29 is 23.5 Å². The molecule has 6 heteroatoms. The molecule has 1 rings (SSSR count). The Bertz CT molecular complexity index is 537. The molecule has 1 amide bonds. The van der Waals surface area contributed by atoms with Gasteiger partial charge in [0.2, 0.25) is 0 Å². The molecule has 0 saturated heterocycles. The van der Waals surface area contributed by atoms with Gasteiger partial charge in [0.05, 0.1) is 7.11 Å². The first-order valence-electron chi connectivity index (χ1n) is 6.51. The van der Waals surface area contributed by atoms with Crippen LogP contribution >= 0.6 is 0 Å². The standard InChI is InChI=1S/C15H20FNO4/c1-9(14(19)21-15(2,3)4)17-13(18)10-6-7-12(20-5)11(16)8-10/h6-9H,1-5H3,(H,17,18)/t9-/m0/s1. The Morgan fingerprint density at radius 1 is 1.29 bits per heavy atom. The Morgan fingerprint density at radius 3 is 2.38 bits per heavy atom. The lowest BCUT2D eigenvalue weighted by molar-refractivity contribution is -0.156. The van der Waals surface area contributed by atoms with E-state index in [4.69, 9.17) is 9.47 Å². The van der Waals surface area contributed by atoms with Crippen LogP contribution in [-0.4, -0.2) is 30.6 Å². The summed E-state index contributed by atoms with van der Waals surface area (Å²) in [6.07, 6.45) is 0. The zero-order chi connectivity index (χ0) is 16.2. The minimum atomic E-state index is -0.832. The highest BCUT2D eigenvalue weighted by Crippen LogP contribution is 2.17. The Kier molecular flexibility index (Phi) is 5.29. The van der Waals surface area contributed by atoms with Crippen molar-refractivity contribution in [3.05, 3.63) is 29.6 Å². The van der Waals surface area contributed by atoms with E-state index in [-0.39, 0.29) is 11.3 Å². The first-order valence-corrected chi connectivity index (χ1v) is 6.51. The topological polar surface area (TPSA) is 64.6 Å². The molecule has 0 fully saturated rings. The maximum absolute atomic E-state index is 13.5. The van der Waals surface area contributed by atoms with Crippen LogP contribution < -0.4 is 10.1 Å². The molecule has 0 aliphatic rings. The quantitative estimate of drug-likeness (QED) is 0.866. The zero-order valence-electron chi connectivity index (χ0n) is 12.8. The second kappa shape index (κ2) is 6.56. The van der Waals surface area contributed by atoms with Gasteiger partial charge in [-0.05, 0) is 45.9 Å². The number of hydrogen-bond acceptors (Lipinski definition) is 4. The van der Waals surface area contributed by atoms with Gasteiger partial charge in [-0.3, -0.25) is 4.79 Å². The Labute approximate surface area is 123 Å². The lowest BCUT2D eigenvalue weighted by Gasteiger charge is -2.22. The molecule has 0 spiro atoms. The molecule has 1 aromatic carbocycles. The summed E-state index contributed by atoms with van der Waals surface area (Å²) < 4.78 is 23.5. The predicted octanol–water partition coefficient (Wildman–Crippen LogP) is 2.29. The summed E-state index contributed by atoms with van der Waals surface area (Å²) >= 11 is 0. The fourth-order valence-corrected chi connectivity index (χ4v) is 1.54. The van der Waals surface area contributed by atoms with Gasteiger partial charge in [0.15, 0.2) is 11.6 Å². The second-order valence-electron chi connectivity index (χ2n) is 5.58. The molecule has 0 bridgehead atoms. The lowest BCUT2D eigenvalue weighted by atomic mass is 10.1. The van der Waals surface area contributed by atoms with Gasteiger partial charge in [-0.25, -0.2) is 9.18 Å². The van der Waals surface area contributed by atoms with E-state index in [1.54, 1.807) is 20.8 Å². The van der Waals surface area contributed by atoms with Crippen LogP contribution in [-0.2, 0) is 9.53 Å². The van der Waals surface area contributed by atoms with E-state index in [2.05, 4.69) is 5.32 Å². The van der Waals surface area contributed by atoms with Gasteiger partial charge in [0, 0.05) is 5.56 Å². The largest absolute Gasteiger partial charge is 0.494 e. The van der Waals surface area contributed by atoms with Crippen molar-refractivity contribution in [1.82, 2.24) is 5.32 Å². The number of carbonyl (C=O) groups is 2. The minimum Gasteiger partial charge on any atom is -0.494 e. The van der Waals surface area contributed by atoms with E-state index in [1.165, 1.54) is 26.2 Å². The van der Waals surface area contributed by atoms with Crippen molar-refractivity contribution in [2.75, 3.05) is 7.11 Å². The van der Waals surface area contributed by atoms with Crippen molar-refractivity contribution in [3.8, 4) is 5.75 Å². The van der Waals surface area contributed by atoms with Gasteiger partial charge in [-0.15, -0.1) is 0 Å². The number of esters is 1. The van der Waals surface area contributed by atoms with Gasteiger partial charge in [0.25, 0.3) is 5.91 Å². The molecule has 1 atom stereocenters. The number of amides is 1. The van der Waals surface area contributed by atoms with E-state index < -0.39 is 29.3 Å². The van der Waals surface area contributed by atoms with Crippen LogP contribution in [0.1, 0.15) is 38.1 Å². The third-order valence-corrected chi connectivity index (χ3v) is 2.52. The number of rotatable bonds is 4. The van der Waals surface area contributed by atoms with Crippen molar-refractivity contribution in [1.29, 1.82) is 0 Å². The second-order valence-corrected chi connectivity index (χ2v) is 5.58. The monoisotopic (exact) mass is 297 g/mol. The zero-order valence-corrected chi connectivity index (χ0v) is 12.8. The average Bonchev–Trinajstić information content (AvgIpc) is 2.36. The SMILES string of the molecule is COc1ccc(C(=O)N[C@@H](C)C(=O)OC(C)(C)C)cc1F. The van der Waals surface area contributed by atoms with Gasteiger partial charge >= 0.3 is 5.97 Å². The maximum Gasteiger partial charge on any atom is 0.328 e. The maximum atomic E-state index is 13.5. The van der Waals surface area contributed by atoms with Crippen LogP contribution in [0, 0.1) is 5.82 Å². The number of carbonyl (C=O) groups excluding carboxylic acids is 2. The van der Waals surface area contributed by atoms with Gasteiger partial charge in [0.1, 0.15) is 11.6 Å². The van der Waals surface area contributed by atoms with Crippen LogP contribution in [0.2, 0.25) is 0 Å². The third-order valence-electron chi connectivity index (χ3n) is 2.52. The molecule has 1 aromatic rings. The summed E-state index contributed by atoms with van der Waals surface area (Å²) in [4.78, 5) is 23.7. The molecule has 116 valence electrons. The number of benzene rings is 1. The molecule has 0 aliphatic carbocycles. The predicted molar refractivity (Wildman–Crippen MR) is 75.7 cm³/mol. The first kappa shape index (κ1) is 16.9. The summed E-state index contributed by atoms with van der Waals surface area (Å²) in [6, 6.07) is 2.99. The fraction of sp³-hybridized carbons (Fsp3) is 0.467. The number of methoxy groups -OCH3 is 1. The van der Waals surface area contributed by atoms with E-state index in [0.29, 0.717) is 0 Å². The molecule has 5 nitrogen and oxygen atoms in total. The molecular weight excluding hydrogens is 277 g/mol. The molecule has 1 N–H and O–H groups in total. The van der Waals surface area contributed by atoms with Crippen LogP contribution in [0.25, 0.3) is 0 Å². The number of ether oxygens (including phenoxy) is 2. The molecule has 0 unspecified atom stereocenters. The highest BCUT2D eigenvalue weighted by molar-refractivity contribution is 5.96. The summed E-state index contributed by atoms with van der Waals surface area (Å²) in [5.74, 6) is -1.71. The molecule has 0 saturated carbocycles. The number of nitrogens with one attached hydrogen (secondary N) is 1. The van der Waals surface area contributed by atoms with Crippen molar-refractivity contribution in [3.63, 3.8) is 0 Å². The van der Waals surface area contributed by atoms with Crippen LogP contribution in [0.4, 0.5) is 4.39 Å². The lowest BCUT2D eigenvalue weighted by Crippen LogP contribution is -2.42. The Balaban J connectivity index is 2.72. The Morgan fingerprint density at radius 2 is 1.90 bits per heavy atom. The highest BCUT2D eigenvalue weighted by atomic mass is 19.1. The minimum absolute atomic E-state index is 0.0479. The average molecular weight is 297 g/mol. The summed E-state index contributed by atoms with van der Waals surface area (Å²) in [5.41, 5.74) is -0.536. The van der Waals surface area contributed by atoms with E-state index >= 15 is 0 Å². The number of hydrogen-bond donors (Lipinski definition) is 1. The van der Waals surface area contributed by atoms with Crippen LogP contribution in [0.3, 0.4) is 0 Å². The summed E-state index contributed by atoms with van der Waals surface area (Å²) in [7, 11) is 1.34. The normalized spacial score (nSPS) is 12.5. The third kappa shape index (κ3) is 5.06. The number of halogens is 1. The first-order chi connectivity index (χ1) is 9.64. The fourth-order valence-electron chi connectivity index (χ4n) is 1.54. The van der Waals surface area contributed by atoms with Crippen LogP contribution in [0.15, 0.2) is 18.2 Å². The summed E-state index contributed by atoms with van der Waals surface area (Å²) in [5, 5.41) is 2.46. The molecule has 0 heterocycles. The van der Waals surface area contributed by atoms with Gasteiger partial charge in [-0.2, -0.15) is 0 Å². The molecule has 0 radical (unpaired) electrons. The molecule has 21 heavy (non-hydrogen) atoms. The molecular formula is C15H20FNO4. The molecule has 0 aliphatic heterocycles. The van der Waals surface area contributed by atoms with Gasteiger partial charge < -0.3 is 14.8 Å². The Hall–Kier alpha value is -2.11. The van der Waals surface area contributed by atoms with Crippen molar-refractivity contribution in [2.45, 2.75) is 39.3 Å². The summed E-state index contributed by atoms with van der Waals surface area (Å²) in [6.45, 7) is 6.71. The highest BCUT2D eigenvalue weighted by Gasteiger charge is 2.23. The van der Waals surface area contributed by atoms with Crippen LogP contribution in [0.5, 0.6) is 5.75 Å². The van der Waals surface area contributed by atoms with Crippen molar-refractivity contribution in [2.24, 2.45) is 0 Å². The van der Waals surface area contributed by atoms with Gasteiger partial charge in [-0.1, -0.05) is 0 Å². The molecule has 0 aromatic heterocycles. The van der Waals surface area contributed by atoms with E-state index in [0.717, 1.165) is 6.07 Å². The van der Waals surface area contributed by atoms with E-state index in [1.807, 2.05) is 0 Å².